The number of methoxy groups -OCH3 is 1. The predicted molar refractivity (Wildman–Crippen MR) is 92.9 cm³/mol. The summed E-state index contributed by atoms with van der Waals surface area (Å²) < 4.78 is 5.14. The van der Waals surface area contributed by atoms with E-state index >= 15 is 0 Å². The van der Waals surface area contributed by atoms with E-state index < -0.39 is 11.5 Å². The van der Waals surface area contributed by atoms with Gasteiger partial charge in [-0.1, -0.05) is 23.2 Å². The van der Waals surface area contributed by atoms with Gasteiger partial charge >= 0.3 is 0 Å². The number of hydrogen-bond donors (Lipinski definition) is 2. The SMILES string of the molecule is COc1ccc(-c2cnc(-c3cc(Cl)c(O)c(O)c3Cl)s2)cc1. The van der Waals surface area contributed by atoms with Gasteiger partial charge < -0.3 is 14.9 Å². The van der Waals surface area contributed by atoms with Crippen molar-refractivity contribution in [1.82, 2.24) is 4.98 Å². The molecule has 7 heteroatoms. The predicted octanol–water partition coefficient (Wildman–Crippen LogP) is 5.20. The summed E-state index contributed by atoms with van der Waals surface area (Å²) in [5, 5.41) is 20.0. The topological polar surface area (TPSA) is 62.6 Å². The molecular weight excluding hydrogens is 357 g/mol. The van der Waals surface area contributed by atoms with Crippen molar-refractivity contribution in [2.45, 2.75) is 0 Å². The molecule has 0 atom stereocenters. The number of aromatic hydroxyl groups is 2. The number of aromatic nitrogens is 1. The second-order valence-electron chi connectivity index (χ2n) is 4.68. The van der Waals surface area contributed by atoms with Crippen LogP contribution in [0.3, 0.4) is 0 Å². The van der Waals surface area contributed by atoms with Crippen LogP contribution in [0.15, 0.2) is 36.5 Å². The van der Waals surface area contributed by atoms with Gasteiger partial charge in [0.25, 0.3) is 0 Å². The molecule has 0 aliphatic carbocycles. The van der Waals surface area contributed by atoms with Gasteiger partial charge in [-0.3, -0.25) is 0 Å². The molecule has 0 unspecified atom stereocenters. The molecule has 0 amide bonds. The third kappa shape index (κ3) is 2.95. The molecule has 3 rings (SSSR count). The van der Waals surface area contributed by atoms with E-state index in [0.717, 1.165) is 16.2 Å². The van der Waals surface area contributed by atoms with Crippen molar-refractivity contribution in [2.75, 3.05) is 7.11 Å². The van der Waals surface area contributed by atoms with Crippen molar-refractivity contribution in [2.24, 2.45) is 0 Å². The first-order valence-electron chi connectivity index (χ1n) is 6.51. The lowest BCUT2D eigenvalue weighted by Gasteiger charge is -2.06. The van der Waals surface area contributed by atoms with Crippen LogP contribution in [0.4, 0.5) is 0 Å². The molecular formula is C16H11Cl2NO3S. The summed E-state index contributed by atoms with van der Waals surface area (Å²) in [4.78, 5) is 5.26. The van der Waals surface area contributed by atoms with Crippen molar-refractivity contribution in [3.63, 3.8) is 0 Å². The summed E-state index contributed by atoms with van der Waals surface area (Å²) in [5.74, 6) is -0.112. The molecule has 1 heterocycles. The molecule has 0 bridgehead atoms. The third-order valence-electron chi connectivity index (χ3n) is 3.28. The lowest BCUT2D eigenvalue weighted by atomic mass is 10.2. The van der Waals surface area contributed by atoms with Crippen LogP contribution >= 0.6 is 34.5 Å². The fourth-order valence-corrected chi connectivity index (χ4v) is 3.48. The minimum atomic E-state index is -0.449. The van der Waals surface area contributed by atoms with Crippen LogP contribution < -0.4 is 4.74 Å². The maximum absolute atomic E-state index is 9.81. The molecule has 0 aliphatic rings. The van der Waals surface area contributed by atoms with Gasteiger partial charge in [0.2, 0.25) is 0 Å². The van der Waals surface area contributed by atoms with Gasteiger partial charge in [-0.15, -0.1) is 11.3 Å². The summed E-state index contributed by atoms with van der Waals surface area (Å²) in [5.41, 5.74) is 1.46. The van der Waals surface area contributed by atoms with Crippen molar-refractivity contribution < 1.29 is 14.9 Å². The number of thiazole rings is 1. The average molecular weight is 368 g/mol. The maximum atomic E-state index is 9.81. The zero-order valence-corrected chi connectivity index (χ0v) is 14.2. The average Bonchev–Trinajstić information content (AvgIpc) is 3.06. The van der Waals surface area contributed by atoms with Crippen LogP contribution in [-0.4, -0.2) is 22.3 Å². The largest absolute Gasteiger partial charge is 0.503 e. The molecule has 0 saturated carbocycles. The Kier molecular flexibility index (Phi) is 4.35. The number of ether oxygens (including phenoxy) is 1. The van der Waals surface area contributed by atoms with Crippen LogP contribution in [0.5, 0.6) is 17.2 Å². The van der Waals surface area contributed by atoms with Gasteiger partial charge in [-0.2, -0.15) is 0 Å². The Hall–Kier alpha value is -1.95. The van der Waals surface area contributed by atoms with Gasteiger partial charge in [-0.25, -0.2) is 4.98 Å². The standard InChI is InChI=1S/C16H11Cl2NO3S/c1-22-9-4-2-8(3-5-9)12-7-19-16(23-12)10-6-11(17)14(20)15(21)13(10)18/h2-7,20-21H,1H3. The normalized spacial score (nSPS) is 10.7. The summed E-state index contributed by atoms with van der Waals surface area (Å²) >= 11 is 13.4. The number of phenols is 2. The molecule has 4 nitrogen and oxygen atoms in total. The first kappa shape index (κ1) is 15.9. The van der Waals surface area contributed by atoms with Crippen molar-refractivity contribution in [3.05, 3.63) is 46.6 Å². The quantitative estimate of drug-likeness (QED) is 0.624. The summed E-state index contributed by atoms with van der Waals surface area (Å²) in [6, 6.07) is 9.07. The smallest absolute Gasteiger partial charge is 0.178 e. The highest BCUT2D eigenvalue weighted by Gasteiger charge is 2.18. The van der Waals surface area contributed by atoms with E-state index in [1.807, 2.05) is 24.3 Å². The summed E-state index contributed by atoms with van der Waals surface area (Å²) in [6.07, 6.45) is 1.72. The minimum absolute atomic E-state index is 0.0162. The Labute approximate surface area is 146 Å². The molecule has 118 valence electrons. The fraction of sp³-hybridized carbons (Fsp3) is 0.0625. The molecule has 0 radical (unpaired) electrons. The highest BCUT2D eigenvalue weighted by atomic mass is 35.5. The number of hydrogen-bond acceptors (Lipinski definition) is 5. The summed E-state index contributed by atoms with van der Waals surface area (Å²) in [7, 11) is 1.61. The fourth-order valence-electron chi connectivity index (χ4n) is 2.05. The van der Waals surface area contributed by atoms with Crippen molar-refractivity contribution in [1.29, 1.82) is 0 Å². The zero-order chi connectivity index (χ0) is 16.6. The Morgan fingerprint density at radius 2 is 1.78 bits per heavy atom. The van der Waals surface area contributed by atoms with Gasteiger partial charge in [0.15, 0.2) is 11.5 Å². The van der Waals surface area contributed by atoms with E-state index in [2.05, 4.69) is 4.98 Å². The number of nitrogens with zero attached hydrogens (tertiary/aromatic N) is 1. The van der Waals surface area contributed by atoms with E-state index in [4.69, 9.17) is 27.9 Å². The lowest BCUT2D eigenvalue weighted by Crippen LogP contribution is -1.81. The number of halogens is 2. The van der Waals surface area contributed by atoms with Crippen LogP contribution in [0, 0.1) is 0 Å². The van der Waals surface area contributed by atoms with Gasteiger partial charge in [0, 0.05) is 11.8 Å². The molecule has 0 saturated heterocycles. The molecule has 2 aromatic carbocycles. The molecule has 0 spiro atoms. The van der Waals surface area contributed by atoms with Crippen molar-refractivity contribution in [3.8, 4) is 38.3 Å². The number of rotatable bonds is 3. The van der Waals surface area contributed by atoms with Crippen molar-refractivity contribution >= 4 is 34.5 Å². The first-order chi connectivity index (χ1) is 11.0. The number of phenolic OH excluding ortho intramolecular Hbond substituents is 2. The number of benzene rings is 2. The summed E-state index contributed by atoms with van der Waals surface area (Å²) in [6.45, 7) is 0. The zero-order valence-electron chi connectivity index (χ0n) is 11.9. The first-order valence-corrected chi connectivity index (χ1v) is 8.09. The Balaban J connectivity index is 2.02. The van der Waals surface area contributed by atoms with E-state index in [1.165, 1.54) is 17.4 Å². The molecule has 0 aliphatic heterocycles. The molecule has 3 aromatic rings. The van der Waals surface area contributed by atoms with Gasteiger partial charge in [-0.05, 0) is 35.9 Å². The Morgan fingerprint density at radius 3 is 2.43 bits per heavy atom. The molecule has 2 N–H and O–H groups in total. The van der Waals surface area contributed by atoms with Crippen LogP contribution in [0.25, 0.3) is 21.0 Å². The Morgan fingerprint density at radius 1 is 1.09 bits per heavy atom. The minimum Gasteiger partial charge on any atom is -0.503 e. The lowest BCUT2D eigenvalue weighted by molar-refractivity contribution is 0.404. The molecule has 1 aromatic heterocycles. The van der Waals surface area contributed by atoms with Gasteiger partial charge in [0.05, 0.1) is 22.0 Å². The molecule has 0 fully saturated rings. The monoisotopic (exact) mass is 367 g/mol. The third-order valence-corrected chi connectivity index (χ3v) is 5.03. The second kappa shape index (κ2) is 6.28. The second-order valence-corrected chi connectivity index (χ2v) is 6.49. The Bertz CT molecular complexity index is 863. The maximum Gasteiger partial charge on any atom is 0.178 e. The van der Waals surface area contributed by atoms with Gasteiger partial charge in [0.1, 0.15) is 10.8 Å². The van der Waals surface area contributed by atoms with Crippen LogP contribution in [-0.2, 0) is 0 Å². The highest BCUT2D eigenvalue weighted by molar-refractivity contribution is 7.18. The van der Waals surface area contributed by atoms with E-state index in [9.17, 15) is 10.2 Å². The highest BCUT2D eigenvalue weighted by Crippen LogP contribution is 2.46. The van der Waals surface area contributed by atoms with E-state index in [0.29, 0.717) is 10.6 Å². The van der Waals surface area contributed by atoms with Crippen LogP contribution in [0.1, 0.15) is 0 Å². The van der Waals surface area contributed by atoms with Crippen LogP contribution in [0.2, 0.25) is 10.0 Å². The van der Waals surface area contributed by atoms with E-state index in [-0.39, 0.29) is 10.0 Å². The molecule has 23 heavy (non-hydrogen) atoms. The van der Waals surface area contributed by atoms with E-state index in [1.54, 1.807) is 13.3 Å².